The van der Waals surface area contributed by atoms with Crippen LogP contribution in [0.1, 0.15) is 25.8 Å². The molecule has 0 aliphatic rings. The summed E-state index contributed by atoms with van der Waals surface area (Å²) in [5.41, 5.74) is 0.775. The highest BCUT2D eigenvalue weighted by Gasteiger charge is 2.30. The molecular weight excluding hydrogens is 298 g/mol. The molecular formula is C13H16BrNO3. The minimum absolute atomic E-state index is 0.203. The fraction of sp³-hybridized carbons (Fsp3) is 0.385. The monoisotopic (exact) mass is 313 g/mol. The molecule has 0 saturated heterocycles. The molecule has 0 aromatic heterocycles. The Morgan fingerprint density at radius 3 is 2.50 bits per heavy atom. The van der Waals surface area contributed by atoms with Gasteiger partial charge in [0, 0.05) is 10.2 Å². The van der Waals surface area contributed by atoms with E-state index in [2.05, 4.69) is 21.2 Å². The van der Waals surface area contributed by atoms with Crippen LogP contribution in [-0.2, 0) is 9.59 Å². The summed E-state index contributed by atoms with van der Waals surface area (Å²) >= 11 is 3.38. The lowest BCUT2D eigenvalue weighted by Gasteiger charge is -2.21. The van der Waals surface area contributed by atoms with Gasteiger partial charge in [-0.05, 0) is 24.6 Å². The Balaban J connectivity index is 2.81. The summed E-state index contributed by atoms with van der Waals surface area (Å²) in [6.07, 6.45) is -0.203. The molecule has 0 atom stereocenters. The van der Waals surface area contributed by atoms with E-state index in [4.69, 9.17) is 5.11 Å². The van der Waals surface area contributed by atoms with Crippen molar-refractivity contribution in [2.24, 2.45) is 5.41 Å². The summed E-state index contributed by atoms with van der Waals surface area (Å²) in [4.78, 5) is 22.7. The first-order valence-corrected chi connectivity index (χ1v) is 6.31. The van der Waals surface area contributed by atoms with Crippen molar-refractivity contribution in [3.05, 3.63) is 28.2 Å². The number of aliphatic carboxylic acids is 1. The van der Waals surface area contributed by atoms with Crippen LogP contribution in [0.15, 0.2) is 22.7 Å². The summed E-state index contributed by atoms with van der Waals surface area (Å²) in [6, 6.07) is 5.46. The molecule has 1 aromatic rings. The summed E-state index contributed by atoms with van der Waals surface area (Å²) in [5, 5.41) is 11.5. The van der Waals surface area contributed by atoms with Gasteiger partial charge in [0.1, 0.15) is 0 Å². The van der Waals surface area contributed by atoms with Crippen molar-refractivity contribution < 1.29 is 14.7 Å². The van der Waals surface area contributed by atoms with Gasteiger partial charge in [0.2, 0.25) is 5.91 Å². The number of amides is 1. The number of halogens is 1. The van der Waals surface area contributed by atoms with Crippen LogP contribution in [0, 0.1) is 12.3 Å². The molecule has 0 bridgehead atoms. The van der Waals surface area contributed by atoms with Crippen molar-refractivity contribution in [2.45, 2.75) is 27.2 Å². The molecule has 0 fully saturated rings. The smallest absolute Gasteiger partial charge is 0.304 e. The Morgan fingerprint density at radius 1 is 1.39 bits per heavy atom. The van der Waals surface area contributed by atoms with Crippen molar-refractivity contribution in [3.63, 3.8) is 0 Å². The van der Waals surface area contributed by atoms with Crippen molar-refractivity contribution in [2.75, 3.05) is 5.32 Å². The maximum atomic E-state index is 12.0. The fourth-order valence-corrected chi connectivity index (χ4v) is 1.81. The second kappa shape index (κ2) is 5.52. The summed E-state index contributed by atoms with van der Waals surface area (Å²) in [5.74, 6) is -1.29. The predicted octanol–water partition coefficient (Wildman–Crippen LogP) is 3.20. The zero-order chi connectivity index (χ0) is 13.9. The highest BCUT2D eigenvalue weighted by molar-refractivity contribution is 9.10. The minimum atomic E-state index is -0.986. The van der Waals surface area contributed by atoms with Gasteiger partial charge in [0.15, 0.2) is 0 Å². The Bertz CT molecular complexity index is 483. The third kappa shape index (κ3) is 3.84. The van der Waals surface area contributed by atoms with E-state index in [-0.39, 0.29) is 12.3 Å². The number of benzene rings is 1. The number of carbonyl (C=O) groups is 2. The van der Waals surface area contributed by atoms with Crippen molar-refractivity contribution >= 4 is 33.5 Å². The topological polar surface area (TPSA) is 66.4 Å². The van der Waals surface area contributed by atoms with E-state index in [1.165, 1.54) is 0 Å². The third-order valence-electron chi connectivity index (χ3n) is 2.64. The Hall–Kier alpha value is -1.36. The molecule has 0 saturated carbocycles. The second-order valence-corrected chi connectivity index (χ2v) is 5.73. The molecule has 4 nitrogen and oxygen atoms in total. The largest absolute Gasteiger partial charge is 0.481 e. The lowest BCUT2D eigenvalue weighted by molar-refractivity contribution is -0.142. The van der Waals surface area contributed by atoms with E-state index < -0.39 is 11.4 Å². The molecule has 1 amide bonds. The molecule has 0 aliphatic carbocycles. The van der Waals surface area contributed by atoms with Crippen LogP contribution in [-0.4, -0.2) is 17.0 Å². The maximum Gasteiger partial charge on any atom is 0.304 e. The number of carboxylic acid groups (broad SMARTS) is 1. The standard InChI is InChI=1S/C13H16BrNO3/c1-8-4-5-9(6-10(8)14)15-12(18)13(2,3)7-11(16)17/h4-6H,7H2,1-3H3,(H,15,18)(H,16,17). The normalized spacial score (nSPS) is 11.1. The minimum Gasteiger partial charge on any atom is -0.481 e. The molecule has 1 aromatic carbocycles. The van der Waals surface area contributed by atoms with Crippen molar-refractivity contribution in [1.29, 1.82) is 0 Å². The summed E-state index contributed by atoms with van der Waals surface area (Å²) < 4.78 is 0.899. The number of nitrogens with one attached hydrogen (secondary N) is 1. The predicted molar refractivity (Wildman–Crippen MR) is 73.5 cm³/mol. The molecule has 5 heteroatoms. The molecule has 2 N–H and O–H groups in total. The van der Waals surface area contributed by atoms with Gasteiger partial charge >= 0.3 is 5.97 Å². The quantitative estimate of drug-likeness (QED) is 0.897. The van der Waals surface area contributed by atoms with E-state index in [0.717, 1.165) is 10.0 Å². The van der Waals surface area contributed by atoms with Crippen molar-refractivity contribution in [3.8, 4) is 0 Å². The first-order valence-electron chi connectivity index (χ1n) is 5.52. The van der Waals surface area contributed by atoms with Crippen molar-refractivity contribution in [1.82, 2.24) is 0 Å². The molecule has 18 heavy (non-hydrogen) atoms. The molecule has 0 radical (unpaired) electrons. The van der Waals surface area contributed by atoms with Gasteiger partial charge in [-0.15, -0.1) is 0 Å². The van der Waals surface area contributed by atoms with Gasteiger partial charge in [-0.25, -0.2) is 0 Å². The van der Waals surface area contributed by atoms with Crippen LogP contribution in [0.4, 0.5) is 5.69 Å². The van der Waals surface area contributed by atoms with Crippen LogP contribution >= 0.6 is 15.9 Å². The number of carbonyl (C=O) groups excluding carboxylic acids is 1. The number of aryl methyl sites for hydroxylation is 1. The Labute approximate surface area is 115 Å². The van der Waals surface area contributed by atoms with Crippen LogP contribution < -0.4 is 5.32 Å². The SMILES string of the molecule is Cc1ccc(NC(=O)C(C)(C)CC(=O)O)cc1Br. The molecule has 1 rings (SSSR count). The van der Waals surface area contributed by atoms with Gasteiger partial charge in [-0.2, -0.15) is 0 Å². The van der Waals surface area contributed by atoms with Crippen LogP contribution in [0.3, 0.4) is 0 Å². The van der Waals surface area contributed by atoms with E-state index in [0.29, 0.717) is 5.69 Å². The van der Waals surface area contributed by atoms with E-state index in [1.54, 1.807) is 26.0 Å². The average molecular weight is 314 g/mol. The molecule has 0 unspecified atom stereocenters. The summed E-state index contributed by atoms with van der Waals surface area (Å²) in [6.45, 7) is 5.17. The highest BCUT2D eigenvalue weighted by atomic mass is 79.9. The number of hydrogen-bond donors (Lipinski definition) is 2. The molecule has 0 spiro atoms. The third-order valence-corrected chi connectivity index (χ3v) is 3.49. The average Bonchev–Trinajstić information content (AvgIpc) is 2.21. The van der Waals surface area contributed by atoms with E-state index >= 15 is 0 Å². The number of carboxylic acids is 1. The maximum absolute atomic E-state index is 12.0. The van der Waals surface area contributed by atoms with E-state index in [1.807, 2.05) is 13.0 Å². The van der Waals surface area contributed by atoms with Gasteiger partial charge in [0.05, 0.1) is 11.8 Å². The second-order valence-electron chi connectivity index (χ2n) is 4.87. The number of hydrogen-bond acceptors (Lipinski definition) is 2. The lowest BCUT2D eigenvalue weighted by atomic mass is 9.88. The zero-order valence-electron chi connectivity index (χ0n) is 10.6. The van der Waals surface area contributed by atoms with E-state index in [9.17, 15) is 9.59 Å². The Morgan fingerprint density at radius 2 is 2.00 bits per heavy atom. The Kier molecular flexibility index (Phi) is 4.51. The van der Waals surface area contributed by atoms with Gasteiger partial charge in [-0.3, -0.25) is 9.59 Å². The first-order chi connectivity index (χ1) is 8.22. The van der Waals surface area contributed by atoms with Gasteiger partial charge < -0.3 is 10.4 Å². The lowest BCUT2D eigenvalue weighted by Crippen LogP contribution is -2.32. The molecule has 98 valence electrons. The van der Waals surface area contributed by atoms with Crippen LogP contribution in [0.2, 0.25) is 0 Å². The number of rotatable bonds is 4. The van der Waals surface area contributed by atoms with Crippen LogP contribution in [0.5, 0.6) is 0 Å². The number of anilines is 1. The summed E-state index contributed by atoms with van der Waals surface area (Å²) in [7, 11) is 0. The molecule has 0 aliphatic heterocycles. The zero-order valence-corrected chi connectivity index (χ0v) is 12.2. The fourth-order valence-electron chi connectivity index (χ4n) is 1.43. The molecule has 0 heterocycles. The highest BCUT2D eigenvalue weighted by Crippen LogP contribution is 2.25. The van der Waals surface area contributed by atoms with Gasteiger partial charge in [0.25, 0.3) is 0 Å². The first kappa shape index (κ1) is 14.7. The van der Waals surface area contributed by atoms with Crippen LogP contribution in [0.25, 0.3) is 0 Å². The van der Waals surface area contributed by atoms with Gasteiger partial charge in [-0.1, -0.05) is 35.8 Å².